The Kier molecular flexibility index (Phi) is 7.59. The van der Waals surface area contributed by atoms with Crippen molar-refractivity contribution in [3.63, 3.8) is 0 Å². The van der Waals surface area contributed by atoms with Crippen LogP contribution in [0.2, 0.25) is 0 Å². The molecule has 264 valence electrons. The number of allylic oxidation sites excluding steroid dienone is 2. The monoisotopic (exact) mass is 717 g/mol. The minimum Gasteiger partial charge on any atom is -0.485 e. The molecular formula is C52H35N3O. The lowest BCUT2D eigenvalue weighted by molar-refractivity contribution is 0.269. The highest BCUT2D eigenvalue weighted by Crippen LogP contribution is 2.46. The van der Waals surface area contributed by atoms with Crippen molar-refractivity contribution in [2.75, 3.05) is 0 Å². The first-order valence-electron chi connectivity index (χ1n) is 19.1. The molecule has 0 radical (unpaired) electrons. The molecule has 4 heteroatoms. The molecule has 4 nitrogen and oxygen atoms in total. The van der Waals surface area contributed by atoms with Crippen molar-refractivity contribution >= 4 is 27.5 Å². The average Bonchev–Trinajstić information content (AvgIpc) is 3.81. The number of pyridine rings is 2. The van der Waals surface area contributed by atoms with Gasteiger partial charge in [0, 0.05) is 51.5 Å². The Hall–Kier alpha value is -7.30. The molecule has 3 aromatic heterocycles. The van der Waals surface area contributed by atoms with Gasteiger partial charge in [-0.2, -0.15) is 0 Å². The quantitative estimate of drug-likeness (QED) is 0.172. The Bertz CT molecular complexity index is 2860. The SMILES string of the molecule is C1=CC2Oc3ccc(-c4ccccc4)cc3C2C=C1n1c2ccc(-c3ccccc3-c3ccccn3)cc2c2cc(-c3ccccc3-c3ccccn3)ccc21. The van der Waals surface area contributed by atoms with Gasteiger partial charge in [-0.3, -0.25) is 9.97 Å². The lowest BCUT2D eigenvalue weighted by atomic mass is 9.89. The van der Waals surface area contributed by atoms with Gasteiger partial charge in [0.2, 0.25) is 0 Å². The average molecular weight is 718 g/mol. The molecule has 9 aromatic rings. The van der Waals surface area contributed by atoms with Gasteiger partial charge in [-0.05, 0) is 112 Å². The van der Waals surface area contributed by atoms with E-state index in [2.05, 4.69) is 168 Å². The summed E-state index contributed by atoms with van der Waals surface area (Å²) in [4.78, 5) is 9.44. The van der Waals surface area contributed by atoms with E-state index in [1.165, 1.54) is 27.5 Å². The smallest absolute Gasteiger partial charge is 0.128 e. The van der Waals surface area contributed by atoms with Crippen LogP contribution in [0.3, 0.4) is 0 Å². The van der Waals surface area contributed by atoms with Crippen molar-refractivity contribution < 1.29 is 4.74 Å². The largest absolute Gasteiger partial charge is 0.485 e. The van der Waals surface area contributed by atoms with Crippen molar-refractivity contribution in [1.29, 1.82) is 0 Å². The van der Waals surface area contributed by atoms with Gasteiger partial charge in [0.15, 0.2) is 0 Å². The van der Waals surface area contributed by atoms with Crippen LogP contribution in [0.15, 0.2) is 200 Å². The van der Waals surface area contributed by atoms with Crippen LogP contribution in [0.1, 0.15) is 11.5 Å². The zero-order chi connectivity index (χ0) is 37.0. The fourth-order valence-corrected chi connectivity index (χ4v) is 8.65. The fourth-order valence-electron chi connectivity index (χ4n) is 8.65. The summed E-state index contributed by atoms with van der Waals surface area (Å²) in [7, 11) is 0. The van der Waals surface area contributed by atoms with Crippen LogP contribution < -0.4 is 4.74 Å². The Morgan fingerprint density at radius 1 is 0.464 bits per heavy atom. The molecule has 2 aliphatic rings. The second kappa shape index (κ2) is 13.2. The fraction of sp³-hybridized carbons (Fsp3) is 0.0385. The Morgan fingerprint density at radius 3 is 1.61 bits per heavy atom. The minimum absolute atomic E-state index is 0.0442. The maximum absolute atomic E-state index is 6.52. The third-order valence-corrected chi connectivity index (χ3v) is 11.3. The first-order chi connectivity index (χ1) is 27.8. The van der Waals surface area contributed by atoms with E-state index in [0.29, 0.717) is 0 Å². The summed E-state index contributed by atoms with van der Waals surface area (Å²) < 4.78 is 8.95. The van der Waals surface area contributed by atoms with Gasteiger partial charge in [-0.25, -0.2) is 0 Å². The van der Waals surface area contributed by atoms with Gasteiger partial charge in [-0.1, -0.05) is 109 Å². The number of nitrogens with zero attached hydrogens (tertiary/aromatic N) is 3. The van der Waals surface area contributed by atoms with E-state index in [1.54, 1.807) is 0 Å². The summed E-state index contributed by atoms with van der Waals surface area (Å²) in [6.07, 6.45) is 10.5. The molecule has 0 saturated heterocycles. The van der Waals surface area contributed by atoms with Gasteiger partial charge >= 0.3 is 0 Å². The Labute approximate surface area is 325 Å². The van der Waals surface area contributed by atoms with E-state index in [0.717, 1.165) is 67.2 Å². The number of rotatable bonds is 6. The van der Waals surface area contributed by atoms with Crippen molar-refractivity contribution in [3.8, 4) is 61.6 Å². The highest BCUT2D eigenvalue weighted by atomic mass is 16.5. The molecule has 0 bridgehead atoms. The summed E-state index contributed by atoms with van der Waals surface area (Å²) >= 11 is 0. The molecule has 0 spiro atoms. The predicted molar refractivity (Wildman–Crippen MR) is 229 cm³/mol. The Morgan fingerprint density at radius 2 is 1.02 bits per heavy atom. The molecule has 1 aliphatic heterocycles. The molecule has 2 atom stereocenters. The maximum Gasteiger partial charge on any atom is 0.128 e. The van der Waals surface area contributed by atoms with E-state index in [1.807, 2.05) is 36.7 Å². The minimum atomic E-state index is -0.0442. The standard InChI is InChI=1S/C52H35N3O/c1-2-12-34(13-3-1)35-22-26-51-45(30-35)46-33-38(23-27-52(46)56-51)55-49-24-20-36(39-14-4-6-16-41(39)47-18-8-10-28-53-47)31-43(49)44-32-37(21-25-50(44)55)40-15-5-7-17-42(40)48-19-9-11-29-54-48/h1-33,46,52H. The lowest BCUT2D eigenvalue weighted by Crippen LogP contribution is -2.18. The molecule has 4 heterocycles. The Balaban J connectivity index is 1.10. The second-order valence-corrected chi connectivity index (χ2v) is 14.5. The van der Waals surface area contributed by atoms with E-state index >= 15 is 0 Å². The molecule has 1 aliphatic carbocycles. The van der Waals surface area contributed by atoms with Crippen molar-refractivity contribution in [1.82, 2.24) is 14.5 Å². The van der Waals surface area contributed by atoms with E-state index in [4.69, 9.17) is 14.7 Å². The van der Waals surface area contributed by atoms with Gasteiger partial charge in [-0.15, -0.1) is 0 Å². The summed E-state index contributed by atoms with van der Waals surface area (Å²) in [6, 6.07) is 60.3. The van der Waals surface area contributed by atoms with Crippen molar-refractivity contribution in [2.24, 2.45) is 0 Å². The van der Waals surface area contributed by atoms with Gasteiger partial charge < -0.3 is 9.30 Å². The number of fused-ring (bicyclic) bond motifs is 6. The topological polar surface area (TPSA) is 39.9 Å². The summed E-state index contributed by atoms with van der Waals surface area (Å²) in [5.41, 5.74) is 15.8. The van der Waals surface area contributed by atoms with Crippen molar-refractivity contribution in [2.45, 2.75) is 12.0 Å². The van der Waals surface area contributed by atoms with Crippen LogP contribution in [0, 0.1) is 0 Å². The van der Waals surface area contributed by atoms with Gasteiger partial charge in [0.05, 0.1) is 22.4 Å². The van der Waals surface area contributed by atoms with Gasteiger partial charge in [0.25, 0.3) is 0 Å². The first kappa shape index (κ1) is 32.2. The summed E-state index contributed by atoms with van der Waals surface area (Å²) in [5, 5.41) is 2.38. The molecule has 11 rings (SSSR count). The first-order valence-corrected chi connectivity index (χ1v) is 19.1. The van der Waals surface area contributed by atoms with Crippen LogP contribution in [0.5, 0.6) is 5.75 Å². The molecule has 56 heavy (non-hydrogen) atoms. The highest BCUT2D eigenvalue weighted by Gasteiger charge is 2.34. The number of benzene rings is 6. The van der Waals surface area contributed by atoms with E-state index in [-0.39, 0.29) is 12.0 Å². The number of hydrogen-bond donors (Lipinski definition) is 0. The third-order valence-electron chi connectivity index (χ3n) is 11.3. The van der Waals surface area contributed by atoms with E-state index in [9.17, 15) is 0 Å². The van der Waals surface area contributed by atoms with Crippen LogP contribution in [-0.4, -0.2) is 20.6 Å². The van der Waals surface area contributed by atoms with Crippen molar-refractivity contribution in [3.05, 3.63) is 206 Å². The van der Waals surface area contributed by atoms with Gasteiger partial charge in [0.1, 0.15) is 11.9 Å². The summed E-state index contributed by atoms with van der Waals surface area (Å²) in [6.45, 7) is 0. The number of hydrogen-bond acceptors (Lipinski definition) is 3. The van der Waals surface area contributed by atoms with E-state index < -0.39 is 0 Å². The van der Waals surface area contributed by atoms with Crippen LogP contribution in [0.4, 0.5) is 0 Å². The molecule has 0 fully saturated rings. The van der Waals surface area contributed by atoms with Crippen LogP contribution in [0.25, 0.3) is 83.4 Å². The van der Waals surface area contributed by atoms with Crippen LogP contribution in [-0.2, 0) is 0 Å². The number of aromatic nitrogens is 3. The van der Waals surface area contributed by atoms with Crippen LogP contribution >= 0.6 is 0 Å². The maximum atomic E-state index is 6.52. The molecule has 0 amide bonds. The summed E-state index contributed by atoms with van der Waals surface area (Å²) in [5.74, 6) is 1.05. The highest BCUT2D eigenvalue weighted by molar-refractivity contribution is 6.13. The molecule has 2 unspecified atom stereocenters. The third kappa shape index (κ3) is 5.38. The molecule has 0 N–H and O–H groups in total. The zero-order valence-electron chi connectivity index (χ0n) is 30.5. The number of ether oxygens (including phenoxy) is 1. The predicted octanol–water partition coefficient (Wildman–Crippen LogP) is 12.9. The molecular weight excluding hydrogens is 683 g/mol. The second-order valence-electron chi connectivity index (χ2n) is 14.5. The normalized spacial score (nSPS) is 15.7. The molecule has 0 saturated carbocycles. The molecule has 6 aromatic carbocycles. The lowest BCUT2D eigenvalue weighted by Gasteiger charge is -2.20. The zero-order valence-corrected chi connectivity index (χ0v) is 30.5.